The zero-order valence-electron chi connectivity index (χ0n) is 18.3. The van der Waals surface area contributed by atoms with E-state index in [0.29, 0.717) is 28.6 Å². The van der Waals surface area contributed by atoms with Crippen molar-refractivity contribution in [2.24, 2.45) is 46.3 Å². The fourth-order valence-corrected chi connectivity index (χ4v) is 8.90. The van der Waals surface area contributed by atoms with Gasteiger partial charge >= 0.3 is 0 Å². The van der Waals surface area contributed by atoms with Gasteiger partial charge < -0.3 is 10.2 Å². The van der Waals surface area contributed by atoms with E-state index in [1.807, 2.05) is 0 Å². The van der Waals surface area contributed by atoms with Crippen molar-refractivity contribution in [3.8, 4) is 0 Å². The highest BCUT2D eigenvalue weighted by atomic mass is 16.3. The maximum absolute atomic E-state index is 11.3. The quantitative estimate of drug-likeness (QED) is 0.650. The van der Waals surface area contributed by atoms with Crippen molar-refractivity contribution in [2.75, 3.05) is 0 Å². The second-order valence-electron chi connectivity index (χ2n) is 11.6. The highest BCUT2D eigenvalue weighted by Gasteiger charge is 2.62. The monoisotopic (exact) mass is 376 g/mol. The number of hydrogen-bond acceptors (Lipinski definition) is 2. The van der Waals surface area contributed by atoms with Crippen LogP contribution in [0.1, 0.15) is 98.3 Å². The van der Waals surface area contributed by atoms with Crippen LogP contribution in [0.5, 0.6) is 0 Å². The Labute approximate surface area is 167 Å². The van der Waals surface area contributed by atoms with Gasteiger partial charge in [-0.15, -0.1) is 0 Å². The number of unbranched alkanes of at least 4 members (excludes halogenated alkanes) is 1. The number of rotatable bonds is 4. The molecule has 2 heteroatoms. The van der Waals surface area contributed by atoms with Crippen molar-refractivity contribution in [3.05, 3.63) is 0 Å². The Bertz CT molecular complexity index is 532. The van der Waals surface area contributed by atoms with Gasteiger partial charge in [-0.2, -0.15) is 0 Å². The third-order valence-corrected chi connectivity index (χ3v) is 10.4. The molecule has 4 rings (SSSR count). The molecule has 0 amide bonds. The molecular weight excluding hydrogens is 332 g/mol. The molecule has 4 aliphatic carbocycles. The van der Waals surface area contributed by atoms with E-state index < -0.39 is 0 Å². The minimum Gasteiger partial charge on any atom is -0.393 e. The number of aliphatic hydroxyl groups is 2. The van der Waals surface area contributed by atoms with Crippen molar-refractivity contribution in [1.82, 2.24) is 0 Å². The van der Waals surface area contributed by atoms with E-state index in [2.05, 4.69) is 27.7 Å². The van der Waals surface area contributed by atoms with Crippen molar-refractivity contribution >= 4 is 0 Å². The Morgan fingerprint density at radius 2 is 1.63 bits per heavy atom. The maximum Gasteiger partial charge on any atom is 0.0577 e. The zero-order chi connectivity index (χ0) is 19.4. The van der Waals surface area contributed by atoms with Gasteiger partial charge in [0.2, 0.25) is 0 Å². The van der Waals surface area contributed by atoms with Gasteiger partial charge in [0.1, 0.15) is 0 Å². The molecule has 4 fully saturated rings. The fraction of sp³-hybridized carbons (Fsp3) is 1.00. The summed E-state index contributed by atoms with van der Waals surface area (Å²) in [6, 6.07) is 0. The van der Waals surface area contributed by atoms with Gasteiger partial charge in [0.15, 0.2) is 0 Å². The molecule has 27 heavy (non-hydrogen) atoms. The van der Waals surface area contributed by atoms with E-state index in [4.69, 9.17) is 0 Å². The number of aliphatic hydroxyl groups excluding tert-OH is 2. The van der Waals surface area contributed by atoms with Crippen LogP contribution in [0.15, 0.2) is 0 Å². The molecule has 1 unspecified atom stereocenters. The first kappa shape index (κ1) is 20.2. The van der Waals surface area contributed by atoms with E-state index in [9.17, 15) is 10.2 Å². The molecule has 156 valence electrons. The molecule has 0 spiro atoms. The minimum absolute atomic E-state index is 0.129. The molecule has 4 saturated carbocycles. The molecule has 0 aliphatic heterocycles. The first-order valence-corrected chi connectivity index (χ1v) is 12.2. The topological polar surface area (TPSA) is 40.5 Å². The summed E-state index contributed by atoms with van der Waals surface area (Å²) in [5.41, 5.74) is 0.809. The summed E-state index contributed by atoms with van der Waals surface area (Å²) in [5, 5.41) is 21.5. The normalized spacial score (nSPS) is 53.3. The SMILES string of the molecule is CCCC[C@@H](C)[C@H]1CC[C@H]2[C@@H]3[C@H](O)CC4C[C@H](O)CC[C@]4(C)[C@H]3CC[C@]12C. The summed E-state index contributed by atoms with van der Waals surface area (Å²) < 4.78 is 0. The molecule has 0 heterocycles. The predicted molar refractivity (Wildman–Crippen MR) is 111 cm³/mol. The van der Waals surface area contributed by atoms with E-state index in [1.165, 1.54) is 51.4 Å². The van der Waals surface area contributed by atoms with Gasteiger partial charge in [0.25, 0.3) is 0 Å². The lowest BCUT2D eigenvalue weighted by atomic mass is 9.43. The van der Waals surface area contributed by atoms with E-state index >= 15 is 0 Å². The maximum atomic E-state index is 11.3. The summed E-state index contributed by atoms with van der Waals surface area (Å²) in [6.07, 6.45) is 13.2. The third-order valence-electron chi connectivity index (χ3n) is 10.4. The summed E-state index contributed by atoms with van der Waals surface area (Å²) in [5.74, 6) is 4.16. The molecule has 0 aromatic rings. The molecule has 0 bridgehead atoms. The average Bonchev–Trinajstić information content (AvgIpc) is 2.98. The molecule has 0 aromatic carbocycles. The minimum atomic E-state index is -0.132. The Hall–Kier alpha value is -0.0800. The third kappa shape index (κ3) is 3.12. The van der Waals surface area contributed by atoms with Crippen LogP contribution in [-0.4, -0.2) is 22.4 Å². The number of hydrogen-bond donors (Lipinski definition) is 2. The van der Waals surface area contributed by atoms with Gasteiger partial charge in [-0.25, -0.2) is 0 Å². The summed E-state index contributed by atoms with van der Waals surface area (Å²) in [6.45, 7) is 9.94. The first-order chi connectivity index (χ1) is 12.8. The molecule has 2 N–H and O–H groups in total. The van der Waals surface area contributed by atoms with E-state index in [-0.39, 0.29) is 12.2 Å². The molecule has 0 aromatic heterocycles. The second-order valence-corrected chi connectivity index (χ2v) is 11.6. The lowest BCUT2D eigenvalue weighted by Crippen LogP contribution is -2.58. The van der Waals surface area contributed by atoms with Gasteiger partial charge in [-0.3, -0.25) is 0 Å². The van der Waals surface area contributed by atoms with E-state index in [1.54, 1.807) is 0 Å². The van der Waals surface area contributed by atoms with Gasteiger partial charge in [0, 0.05) is 0 Å². The molecule has 0 radical (unpaired) electrons. The van der Waals surface area contributed by atoms with Crippen LogP contribution >= 0.6 is 0 Å². The Morgan fingerprint density at radius 1 is 0.926 bits per heavy atom. The summed E-state index contributed by atoms with van der Waals surface area (Å²) >= 11 is 0. The Morgan fingerprint density at radius 3 is 2.37 bits per heavy atom. The first-order valence-electron chi connectivity index (χ1n) is 12.2. The van der Waals surface area contributed by atoms with Crippen molar-refractivity contribution in [1.29, 1.82) is 0 Å². The Kier molecular flexibility index (Phi) is 5.47. The van der Waals surface area contributed by atoms with Gasteiger partial charge in [-0.1, -0.05) is 47.0 Å². The molecule has 10 atom stereocenters. The van der Waals surface area contributed by atoms with Crippen LogP contribution in [0.25, 0.3) is 0 Å². The lowest BCUT2D eigenvalue weighted by Gasteiger charge is -2.62. The second kappa shape index (κ2) is 7.31. The zero-order valence-corrected chi connectivity index (χ0v) is 18.3. The van der Waals surface area contributed by atoms with Crippen LogP contribution in [0.3, 0.4) is 0 Å². The smallest absolute Gasteiger partial charge is 0.0577 e. The standard InChI is InChI=1S/C25H44O2/c1-5-6-7-16(2)19-8-9-20-23-21(11-13-25(19,20)4)24(3)12-10-18(26)14-17(24)15-22(23)27/h16-23,26-27H,5-15H2,1-4H3/t16-,17?,18-,19-,20+,21+,22-,23+,24+,25-/m1/s1. The fourth-order valence-electron chi connectivity index (χ4n) is 8.90. The average molecular weight is 377 g/mol. The molecule has 0 saturated heterocycles. The molecule has 2 nitrogen and oxygen atoms in total. The number of fused-ring (bicyclic) bond motifs is 5. The van der Waals surface area contributed by atoms with Crippen molar-refractivity contribution in [3.63, 3.8) is 0 Å². The summed E-state index contributed by atoms with van der Waals surface area (Å²) in [7, 11) is 0. The van der Waals surface area contributed by atoms with Crippen LogP contribution in [0.4, 0.5) is 0 Å². The van der Waals surface area contributed by atoms with Gasteiger partial charge in [-0.05, 0) is 97.7 Å². The largest absolute Gasteiger partial charge is 0.393 e. The van der Waals surface area contributed by atoms with Gasteiger partial charge in [0.05, 0.1) is 12.2 Å². The van der Waals surface area contributed by atoms with Crippen LogP contribution in [0.2, 0.25) is 0 Å². The molecular formula is C25H44O2. The summed E-state index contributed by atoms with van der Waals surface area (Å²) in [4.78, 5) is 0. The van der Waals surface area contributed by atoms with Crippen LogP contribution < -0.4 is 0 Å². The van der Waals surface area contributed by atoms with Crippen molar-refractivity contribution < 1.29 is 10.2 Å². The van der Waals surface area contributed by atoms with Crippen LogP contribution in [-0.2, 0) is 0 Å². The highest BCUT2D eigenvalue weighted by Crippen LogP contribution is 2.68. The van der Waals surface area contributed by atoms with Crippen LogP contribution in [0, 0.1) is 46.3 Å². The predicted octanol–water partition coefficient (Wildman–Crippen LogP) is 5.80. The van der Waals surface area contributed by atoms with E-state index in [0.717, 1.165) is 37.0 Å². The lowest BCUT2D eigenvalue weighted by molar-refractivity contribution is -0.174. The Balaban J connectivity index is 1.57. The van der Waals surface area contributed by atoms with Crippen molar-refractivity contribution in [2.45, 2.75) is 111 Å². The highest BCUT2D eigenvalue weighted by molar-refractivity contribution is 5.11. The molecule has 4 aliphatic rings.